The summed E-state index contributed by atoms with van der Waals surface area (Å²) in [5, 5.41) is 13.6. The molecule has 4 N–H and O–H groups in total. The number of anilines is 4. The van der Waals surface area contributed by atoms with E-state index >= 15 is 0 Å². The van der Waals surface area contributed by atoms with E-state index in [1.165, 1.54) is 22.7 Å². The number of para-hydroxylation sites is 4. The third-order valence-corrected chi connectivity index (χ3v) is 5.12. The van der Waals surface area contributed by atoms with Gasteiger partial charge in [0, 0.05) is 48.9 Å². The molecule has 0 fully saturated rings. The first-order chi connectivity index (χ1) is 16.9. The van der Waals surface area contributed by atoms with E-state index in [4.69, 9.17) is 0 Å². The molecule has 0 bridgehead atoms. The molecule has 0 aliphatic heterocycles. The standard InChI is InChI=1S/2C15H18N2.2ClH.Zr/c2*1-3-8-14(9-4-1)16-12-7-13-17-15-10-5-2-6-11-15;;;/h2*1-6,8-11,16-17H,7,12-13H2;2*1H;/q;;;;+2/p-2. The second-order valence-corrected chi connectivity index (χ2v) is 7.88. The molecule has 0 saturated carbocycles. The van der Waals surface area contributed by atoms with Crippen LogP contribution < -0.4 is 46.1 Å². The van der Waals surface area contributed by atoms with Gasteiger partial charge in [0.1, 0.15) is 0 Å². The third-order valence-electron chi connectivity index (χ3n) is 5.12. The van der Waals surface area contributed by atoms with Crippen molar-refractivity contribution in [1.82, 2.24) is 0 Å². The fourth-order valence-electron chi connectivity index (χ4n) is 3.33. The molecule has 4 aromatic rings. The van der Waals surface area contributed by atoms with E-state index in [0.717, 1.165) is 39.0 Å². The Kier molecular flexibility index (Phi) is 21.2. The van der Waals surface area contributed by atoms with Gasteiger partial charge in [0.2, 0.25) is 0 Å². The van der Waals surface area contributed by atoms with E-state index in [0.29, 0.717) is 0 Å². The van der Waals surface area contributed by atoms with E-state index in [-0.39, 0.29) is 51.0 Å². The first-order valence-corrected chi connectivity index (χ1v) is 12.1. The summed E-state index contributed by atoms with van der Waals surface area (Å²) in [6.07, 6.45) is 2.20. The number of hydrogen-bond acceptors (Lipinski definition) is 4. The molecule has 0 aromatic heterocycles. The second kappa shape index (κ2) is 22.7. The number of halogens is 2. The van der Waals surface area contributed by atoms with Crippen molar-refractivity contribution in [3.63, 3.8) is 0 Å². The fourth-order valence-corrected chi connectivity index (χ4v) is 3.33. The van der Waals surface area contributed by atoms with Crippen molar-refractivity contribution < 1.29 is 51.0 Å². The van der Waals surface area contributed by atoms with Gasteiger partial charge in [-0.25, -0.2) is 0 Å². The van der Waals surface area contributed by atoms with Crippen LogP contribution in [0.25, 0.3) is 0 Å². The molecule has 37 heavy (non-hydrogen) atoms. The fraction of sp³-hybridized carbons (Fsp3) is 0.200. The number of hydrogen-bond donors (Lipinski definition) is 4. The van der Waals surface area contributed by atoms with Crippen molar-refractivity contribution in [2.75, 3.05) is 47.4 Å². The van der Waals surface area contributed by atoms with Crippen molar-refractivity contribution >= 4 is 22.7 Å². The minimum Gasteiger partial charge on any atom is -1.00 e. The molecule has 0 aliphatic rings. The van der Waals surface area contributed by atoms with Crippen LogP contribution in [-0.4, -0.2) is 26.2 Å². The monoisotopic (exact) mass is 612 g/mol. The molecule has 0 unspecified atom stereocenters. The molecule has 0 aliphatic carbocycles. The summed E-state index contributed by atoms with van der Waals surface area (Å²) >= 11 is 0. The third kappa shape index (κ3) is 16.1. The normalized spacial score (nSPS) is 9.08. The Bertz CT molecular complexity index is 843. The van der Waals surface area contributed by atoms with Crippen LogP contribution >= 0.6 is 0 Å². The van der Waals surface area contributed by atoms with Crippen LogP contribution in [0.4, 0.5) is 22.7 Å². The largest absolute Gasteiger partial charge is 2.00 e. The van der Waals surface area contributed by atoms with Crippen molar-refractivity contribution in [2.45, 2.75) is 12.8 Å². The summed E-state index contributed by atoms with van der Waals surface area (Å²) in [5.74, 6) is 0. The molecule has 0 atom stereocenters. The van der Waals surface area contributed by atoms with Gasteiger partial charge in [-0.2, -0.15) is 0 Å². The molecule has 194 valence electrons. The van der Waals surface area contributed by atoms with Gasteiger partial charge in [-0.1, -0.05) is 72.8 Å². The van der Waals surface area contributed by atoms with E-state index in [2.05, 4.69) is 69.8 Å². The van der Waals surface area contributed by atoms with Crippen molar-refractivity contribution in [1.29, 1.82) is 0 Å². The maximum atomic E-state index is 3.39. The Morgan fingerprint density at radius 3 is 0.703 bits per heavy atom. The van der Waals surface area contributed by atoms with Gasteiger partial charge in [0.05, 0.1) is 0 Å². The number of benzene rings is 4. The quantitative estimate of drug-likeness (QED) is 0.181. The molecule has 7 heteroatoms. The molecule has 4 rings (SSSR count). The second-order valence-electron chi connectivity index (χ2n) is 7.88. The minimum atomic E-state index is 0. The van der Waals surface area contributed by atoms with E-state index < -0.39 is 0 Å². The molecule has 0 amide bonds. The van der Waals surface area contributed by atoms with Crippen molar-refractivity contribution in [3.05, 3.63) is 121 Å². The molecule has 0 heterocycles. The zero-order valence-electron chi connectivity index (χ0n) is 21.0. The van der Waals surface area contributed by atoms with Crippen LogP contribution in [0.2, 0.25) is 0 Å². The average Bonchev–Trinajstić information content (AvgIpc) is 2.91. The maximum Gasteiger partial charge on any atom is 2.00 e. The first kappa shape index (κ1) is 34.5. The molecular formula is C30H36Cl2N4Zr. The van der Waals surface area contributed by atoms with Gasteiger partial charge in [0.15, 0.2) is 0 Å². The van der Waals surface area contributed by atoms with Crippen LogP contribution in [0.5, 0.6) is 0 Å². The maximum absolute atomic E-state index is 3.39. The summed E-state index contributed by atoms with van der Waals surface area (Å²) in [4.78, 5) is 0. The Morgan fingerprint density at radius 1 is 0.324 bits per heavy atom. The van der Waals surface area contributed by atoms with Crippen LogP contribution in [0.15, 0.2) is 121 Å². The Morgan fingerprint density at radius 2 is 0.514 bits per heavy atom. The van der Waals surface area contributed by atoms with Gasteiger partial charge in [-0.05, 0) is 61.4 Å². The predicted octanol–water partition coefficient (Wildman–Crippen LogP) is 1.21. The smallest absolute Gasteiger partial charge is 1.00 e. The van der Waals surface area contributed by atoms with Crippen LogP contribution in [-0.2, 0) is 26.2 Å². The van der Waals surface area contributed by atoms with Gasteiger partial charge in [0.25, 0.3) is 0 Å². The molecule has 4 nitrogen and oxygen atoms in total. The Hall–Kier alpha value is -2.46. The van der Waals surface area contributed by atoms with E-state index in [1.807, 2.05) is 72.8 Å². The van der Waals surface area contributed by atoms with Crippen LogP contribution in [0.3, 0.4) is 0 Å². The zero-order chi connectivity index (χ0) is 23.5. The molecule has 0 saturated heterocycles. The molecule has 0 spiro atoms. The Labute approximate surface area is 254 Å². The minimum absolute atomic E-state index is 0. The molecule has 0 radical (unpaired) electrons. The van der Waals surface area contributed by atoms with Gasteiger partial charge < -0.3 is 46.1 Å². The van der Waals surface area contributed by atoms with E-state index in [1.54, 1.807) is 0 Å². The summed E-state index contributed by atoms with van der Waals surface area (Å²) in [7, 11) is 0. The molecule has 4 aromatic carbocycles. The topological polar surface area (TPSA) is 48.1 Å². The van der Waals surface area contributed by atoms with E-state index in [9.17, 15) is 0 Å². The van der Waals surface area contributed by atoms with Gasteiger partial charge in [-0.15, -0.1) is 0 Å². The van der Waals surface area contributed by atoms with Crippen LogP contribution in [0, 0.1) is 0 Å². The zero-order valence-corrected chi connectivity index (χ0v) is 25.0. The SMILES string of the molecule is [Cl-].[Cl-].[Zr+2].c1ccc(NCCCNc2ccccc2)cc1.c1ccc(NCCCNc2ccccc2)cc1. The average molecular weight is 615 g/mol. The number of rotatable bonds is 12. The van der Waals surface area contributed by atoms with Crippen molar-refractivity contribution in [2.24, 2.45) is 0 Å². The van der Waals surface area contributed by atoms with Crippen LogP contribution in [0.1, 0.15) is 12.8 Å². The van der Waals surface area contributed by atoms with Gasteiger partial charge >= 0.3 is 26.2 Å². The molecular weight excluding hydrogens is 578 g/mol. The summed E-state index contributed by atoms with van der Waals surface area (Å²) < 4.78 is 0. The summed E-state index contributed by atoms with van der Waals surface area (Å²) in [6, 6.07) is 41.2. The van der Waals surface area contributed by atoms with Gasteiger partial charge in [-0.3, -0.25) is 0 Å². The number of nitrogens with one attached hydrogen (secondary N) is 4. The van der Waals surface area contributed by atoms with Crippen molar-refractivity contribution in [3.8, 4) is 0 Å². The first-order valence-electron chi connectivity index (χ1n) is 12.1. The predicted molar refractivity (Wildman–Crippen MR) is 149 cm³/mol. The summed E-state index contributed by atoms with van der Waals surface area (Å²) in [6.45, 7) is 3.96. The Balaban J connectivity index is 0.000000648. The summed E-state index contributed by atoms with van der Waals surface area (Å²) in [5.41, 5.74) is 4.75.